The van der Waals surface area contributed by atoms with Crippen LogP contribution in [0.5, 0.6) is 5.75 Å². The third kappa shape index (κ3) is 2.48. The first-order chi connectivity index (χ1) is 11.9. The van der Waals surface area contributed by atoms with Crippen LogP contribution >= 0.6 is 0 Å². The Morgan fingerprint density at radius 3 is 3.17 bits per heavy atom. The molecule has 1 saturated carbocycles. The fraction of sp³-hybridized carbons (Fsp3) is 0.550. The van der Waals surface area contributed by atoms with Crippen molar-refractivity contribution in [2.45, 2.75) is 44.1 Å². The molecule has 3 atom stereocenters. The SMILES string of the molecule is C1=CN=C2O[C@H](COc3ccc4c(c3)CC3CCCCC43)CN2C1. The normalized spacial score (nSPS) is 30.2. The van der Waals surface area contributed by atoms with E-state index in [1.54, 1.807) is 5.56 Å². The minimum absolute atomic E-state index is 0.0690. The highest BCUT2D eigenvalue weighted by Crippen LogP contribution is 2.47. The summed E-state index contributed by atoms with van der Waals surface area (Å²) in [4.78, 5) is 6.42. The van der Waals surface area contributed by atoms with Crippen molar-refractivity contribution in [1.82, 2.24) is 4.90 Å². The third-order valence-electron chi connectivity index (χ3n) is 5.92. The van der Waals surface area contributed by atoms with E-state index in [1.807, 2.05) is 6.20 Å². The first-order valence-corrected chi connectivity index (χ1v) is 9.27. The molecule has 2 heterocycles. The number of ether oxygens (including phenoxy) is 2. The lowest BCUT2D eigenvalue weighted by atomic mass is 9.80. The van der Waals surface area contributed by atoms with Crippen molar-refractivity contribution in [2.75, 3.05) is 19.7 Å². The Bertz CT molecular complexity index is 697. The standard InChI is InChI=1S/C20H24N2O2/c1-2-5-18-14(4-1)10-15-11-16(6-7-19(15)18)23-13-17-12-22-9-3-8-21-20(22)24-17/h3,6-8,11,14,17-18H,1-2,4-5,9-10,12-13H2/t14?,17-,18?/m0/s1. The molecule has 0 bridgehead atoms. The summed E-state index contributed by atoms with van der Waals surface area (Å²) in [5.41, 5.74) is 3.10. The van der Waals surface area contributed by atoms with Crippen molar-refractivity contribution in [3.05, 3.63) is 41.6 Å². The summed E-state index contributed by atoms with van der Waals surface area (Å²) >= 11 is 0. The van der Waals surface area contributed by atoms with Gasteiger partial charge >= 0.3 is 0 Å². The lowest BCUT2D eigenvalue weighted by Crippen LogP contribution is -2.28. The average molecular weight is 324 g/mol. The first-order valence-electron chi connectivity index (χ1n) is 9.27. The van der Waals surface area contributed by atoms with Gasteiger partial charge in [-0.2, -0.15) is 0 Å². The number of nitrogens with zero attached hydrogens (tertiary/aromatic N) is 2. The van der Waals surface area contributed by atoms with Gasteiger partial charge in [0, 0.05) is 12.7 Å². The zero-order chi connectivity index (χ0) is 15.9. The van der Waals surface area contributed by atoms with Crippen LogP contribution in [0, 0.1) is 5.92 Å². The number of fused-ring (bicyclic) bond motifs is 4. The number of benzene rings is 1. The summed E-state index contributed by atoms with van der Waals surface area (Å²) in [5.74, 6) is 2.67. The van der Waals surface area contributed by atoms with Crippen molar-refractivity contribution >= 4 is 6.02 Å². The highest BCUT2D eigenvalue weighted by atomic mass is 16.6. The molecule has 24 heavy (non-hydrogen) atoms. The van der Waals surface area contributed by atoms with Crippen molar-refractivity contribution in [3.8, 4) is 5.75 Å². The molecular formula is C20H24N2O2. The van der Waals surface area contributed by atoms with Crippen LogP contribution < -0.4 is 4.74 Å². The quantitative estimate of drug-likeness (QED) is 0.853. The molecular weight excluding hydrogens is 300 g/mol. The fourth-order valence-corrected chi connectivity index (χ4v) is 4.77. The van der Waals surface area contributed by atoms with Gasteiger partial charge in [0.1, 0.15) is 12.4 Å². The van der Waals surface area contributed by atoms with Crippen LogP contribution in [0.2, 0.25) is 0 Å². The van der Waals surface area contributed by atoms with Gasteiger partial charge in [-0.05, 0) is 60.4 Å². The summed E-state index contributed by atoms with van der Waals surface area (Å²) in [6, 6.07) is 7.48. The Morgan fingerprint density at radius 1 is 1.25 bits per heavy atom. The van der Waals surface area contributed by atoms with Crippen LogP contribution in [-0.2, 0) is 11.2 Å². The van der Waals surface area contributed by atoms with E-state index >= 15 is 0 Å². The van der Waals surface area contributed by atoms with Crippen molar-refractivity contribution in [3.63, 3.8) is 0 Å². The summed E-state index contributed by atoms with van der Waals surface area (Å²) in [7, 11) is 0. The maximum absolute atomic E-state index is 6.05. The molecule has 4 aliphatic rings. The molecule has 2 fully saturated rings. The highest BCUT2D eigenvalue weighted by Gasteiger charge is 2.34. The minimum Gasteiger partial charge on any atom is -0.490 e. The fourth-order valence-electron chi connectivity index (χ4n) is 4.77. The molecule has 0 amide bonds. The largest absolute Gasteiger partial charge is 0.490 e. The van der Waals surface area contributed by atoms with E-state index in [1.165, 1.54) is 37.7 Å². The number of hydrogen-bond acceptors (Lipinski definition) is 4. The second-order valence-corrected chi connectivity index (χ2v) is 7.47. The predicted octanol–water partition coefficient (Wildman–Crippen LogP) is 3.48. The zero-order valence-corrected chi connectivity index (χ0v) is 14.0. The summed E-state index contributed by atoms with van der Waals surface area (Å²) < 4.78 is 11.9. The summed E-state index contributed by atoms with van der Waals surface area (Å²) in [6.07, 6.45) is 10.8. The molecule has 2 aliphatic carbocycles. The lowest BCUT2D eigenvalue weighted by Gasteiger charge is -2.25. The molecule has 0 radical (unpaired) electrons. The molecule has 0 N–H and O–H groups in total. The molecule has 2 unspecified atom stereocenters. The molecule has 1 aromatic carbocycles. The smallest absolute Gasteiger partial charge is 0.292 e. The maximum atomic E-state index is 6.05. The molecule has 0 spiro atoms. The number of amidine groups is 1. The van der Waals surface area contributed by atoms with Gasteiger partial charge in [-0.1, -0.05) is 18.9 Å². The number of hydrogen-bond donors (Lipinski definition) is 0. The van der Waals surface area contributed by atoms with Crippen molar-refractivity contribution in [2.24, 2.45) is 10.9 Å². The molecule has 126 valence electrons. The Labute approximate surface area is 143 Å². The Hall–Kier alpha value is -1.97. The molecule has 1 saturated heterocycles. The average Bonchev–Trinajstić information content (AvgIpc) is 3.20. The van der Waals surface area contributed by atoms with E-state index in [0.29, 0.717) is 6.61 Å². The van der Waals surface area contributed by atoms with Crippen molar-refractivity contribution < 1.29 is 9.47 Å². The van der Waals surface area contributed by atoms with E-state index in [9.17, 15) is 0 Å². The monoisotopic (exact) mass is 324 g/mol. The Balaban J connectivity index is 1.23. The topological polar surface area (TPSA) is 34.1 Å². The van der Waals surface area contributed by atoms with Gasteiger partial charge in [-0.15, -0.1) is 0 Å². The van der Waals surface area contributed by atoms with Gasteiger partial charge in [0.2, 0.25) is 0 Å². The van der Waals surface area contributed by atoms with E-state index in [2.05, 4.69) is 34.2 Å². The predicted molar refractivity (Wildman–Crippen MR) is 93.4 cm³/mol. The van der Waals surface area contributed by atoms with E-state index in [0.717, 1.165) is 36.7 Å². The van der Waals surface area contributed by atoms with Crippen LogP contribution in [0.15, 0.2) is 35.5 Å². The third-order valence-corrected chi connectivity index (χ3v) is 5.92. The zero-order valence-electron chi connectivity index (χ0n) is 14.0. The van der Waals surface area contributed by atoms with Crippen LogP contribution in [0.3, 0.4) is 0 Å². The van der Waals surface area contributed by atoms with Crippen LogP contribution in [0.4, 0.5) is 0 Å². The molecule has 0 aromatic heterocycles. The van der Waals surface area contributed by atoms with Gasteiger partial charge in [0.05, 0.1) is 6.54 Å². The van der Waals surface area contributed by atoms with Crippen LogP contribution in [-0.4, -0.2) is 36.7 Å². The molecule has 1 aromatic rings. The van der Waals surface area contributed by atoms with Gasteiger partial charge in [0.15, 0.2) is 6.10 Å². The van der Waals surface area contributed by atoms with Gasteiger partial charge < -0.3 is 14.4 Å². The lowest BCUT2D eigenvalue weighted by molar-refractivity contribution is 0.146. The second-order valence-electron chi connectivity index (χ2n) is 7.47. The maximum Gasteiger partial charge on any atom is 0.292 e. The first kappa shape index (κ1) is 14.4. The number of rotatable bonds is 3. The van der Waals surface area contributed by atoms with Crippen LogP contribution in [0.1, 0.15) is 42.7 Å². The molecule has 2 aliphatic heterocycles. The number of aliphatic imine (C=N–C) groups is 1. The minimum atomic E-state index is 0.0690. The van der Waals surface area contributed by atoms with E-state index in [4.69, 9.17) is 9.47 Å². The highest BCUT2D eigenvalue weighted by molar-refractivity contribution is 5.77. The van der Waals surface area contributed by atoms with Gasteiger partial charge in [0.25, 0.3) is 6.02 Å². The van der Waals surface area contributed by atoms with E-state index < -0.39 is 0 Å². The van der Waals surface area contributed by atoms with Gasteiger partial charge in [-0.25, -0.2) is 4.99 Å². The molecule has 4 nitrogen and oxygen atoms in total. The summed E-state index contributed by atoms with van der Waals surface area (Å²) in [5, 5.41) is 0. The summed E-state index contributed by atoms with van der Waals surface area (Å²) in [6.45, 7) is 2.33. The van der Waals surface area contributed by atoms with Crippen LogP contribution in [0.25, 0.3) is 0 Å². The van der Waals surface area contributed by atoms with Crippen molar-refractivity contribution in [1.29, 1.82) is 0 Å². The van der Waals surface area contributed by atoms with E-state index in [-0.39, 0.29) is 6.10 Å². The second kappa shape index (κ2) is 5.83. The Morgan fingerprint density at radius 2 is 2.21 bits per heavy atom. The Kier molecular flexibility index (Phi) is 3.50. The molecule has 5 rings (SSSR count). The van der Waals surface area contributed by atoms with Gasteiger partial charge in [-0.3, -0.25) is 0 Å². The molecule has 4 heteroatoms.